The van der Waals surface area contributed by atoms with Gasteiger partial charge in [-0.1, -0.05) is 25.1 Å². The first-order chi connectivity index (χ1) is 9.99. The van der Waals surface area contributed by atoms with E-state index in [1.807, 2.05) is 6.92 Å². The van der Waals surface area contributed by atoms with Crippen LogP contribution in [0.4, 0.5) is 8.78 Å². The topological polar surface area (TPSA) is 50.4 Å². The highest BCUT2D eigenvalue weighted by Gasteiger charge is 2.29. The Bertz CT molecular complexity index is 492. The first-order valence-corrected chi connectivity index (χ1v) is 7.04. The fraction of sp³-hybridized carbons (Fsp3) is 0.533. The van der Waals surface area contributed by atoms with Gasteiger partial charge in [0.05, 0.1) is 6.04 Å². The number of para-hydroxylation sites is 1. The minimum absolute atomic E-state index is 0.0687. The van der Waals surface area contributed by atoms with Crippen LogP contribution in [0.25, 0.3) is 0 Å². The lowest BCUT2D eigenvalue weighted by molar-refractivity contribution is -0.127. The lowest BCUT2D eigenvalue weighted by Crippen LogP contribution is -2.49. The molecule has 1 heterocycles. The van der Waals surface area contributed by atoms with Gasteiger partial charge in [0.1, 0.15) is 5.75 Å². The molecular formula is C15H20F2N2O2. The molecule has 0 bridgehead atoms. The van der Waals surface area contributed by atoms with Crippen LogP contribution < -0.4 is 15.4 Å². The number of halogens is 2. The zero-order valence-electron chi connectivity index (χ0n) is 12.1. The largest absolute Gasteiger partial charge is 0.434 e. The summed E-state index contributed by atoms with van der Waals surface area (Å²) in [5.74, 6) is 0.265. The van der Waals surface area contributed by atoms with E-state index in [4.69, 9.17) is 0 Å². The van der Waals surface area contributed by atoms with Crippen LogP contribution in [-0.2, 0) is 4.79 Å². The number of amides is 1. The zero-order chi connectivity index (χ0) is 15.4. The van der Waals surface area contributed by atoms with Gasteiger partial charge in [-0.25, -0.2) is 0 Å². The van der Waals surface area contributed by atoms with Crippen molar-refractivity contribution >= 4 is 5.91 Å². The van der Waals surface area contributed by atoms with Gasteiger partial charge >= 0.3 is 6.61 Å². The van der Waals surface area contributed by atoms with Gasteiger partial charge in [0, 0.05) is 11.5 Å². The second kappa shape index (κ2) is 6.85. The Morgan fingerprint density at radius 3 is 2.57 bits per heavy atom. The molecular weight excluding hydrogens is 278 g/mol. The van der Waals surface area contributed by atoms with Crippen LogP contribution >= 0.6 is 0 Å². The van der Waals surface area contributed by atoms with E-state index < -0.39 is 6.61 Å². The van der Waals surface area contributed by atoms with Crippen LogP contribution in [0, 0.1) is 11.8 Å². The van der Waals surface area contributed by atoms with Gasteiger partial charge in [-0.3, -0.25) is 4.79 Å². The maximum Gasteiger partial charge on any atom is 0.387 e. The summed E-state index contributed by atoms with van der Waals surface area (Å²) in [5, 5.41) is 6.00. The summed E-state index contributed by atoms with van der Waals surface area (Å²) in [6.45, 7) is 2.45. The van der Waals surface area contributed by atoms with Crippen molar-refractivity contribution in [1.29, 1.82) is 0 Å². The Labute approximate surface area is 122 Å². The number of ether oxygens (including phenoxy) is 1. The minimum Gasteiger partial charge on any atom is -0.434 e. The maximum absolute atomic E-state index is 12.4. The van der Waals surface area contributed by atoms with Crippen molar-refractivity contribution in [3.63, 3.8) is 0 Å². The molecule has 0 spiro atoms. The summed E-state index contributed by atoms with van der Waals surface area (Å²) < 4.78 is 29.3. The van der Waals surface area contributed by atoms with Gasteiger partial charge < -0.3 is 15.4 Å². The van der Waals surface area contributed by atoms with Gasteiger partial charge in [-0.05, 0) is 32.0 Å². The molecule has 2 rings (SSSR count). The number of carbonyl (C=O) groups is 1. The van der Waals surface area contributed by atoms with Crippen LogP contribution in [0.3, 0.4) is 0 Å². The first kappa shape index (κ1) is 15.7. The summed E-state index contributed by atoms with van der Waals surface area (Å²) in [7, 11) is 0. The molecule has 1 amide bonds. The molecule has 1 aromatic carbocycles. The predicted octanol–water partition coefficient (Wildman–Crippen LogP) is 2.32. The average molecular weight is 298 g/mol. The second-order valence-electron chi connectivity index (χ2n) is 5.35. The molecule has 0 saturated carbocycles. The molecule has 6 heteroatoms. The highest BCUT2D eigenvalue weighted by molar-refractivity contribution is 5.79. The number of benzene rings is 1. The van der Waals surface area contributed by atoms with E-state index in [1.54, 1.807) is 25.1 Å². The molecule has 2 unspecified atom stereocenters. The molecule has 1 aromatic rings. The van der Waals surface area contributed by atoms with Crippen LogP contribution in [0.5, 0.6) is 5.75 Å². The summed E-state index contributed by atoms with van der Waals surface area (Å²) in [4.78, 5) is 12.2. The van der Waals surface area contributed by atoms with Crippen molar-refractivity contribution in [2.24, 2.45) is 11.8 Å². The van der Waals surface area contributed by atoms with E-state index >= 15 is 0 Å². The van der Waals surface area contributed by atoms with Crippen molar-refractivity contribution in [2.45, 2.75) is 26.5 Å². The van der Waals surface area contributed by atoms with Gasteiger partial charge in [-0.15, -0.1) is 0 Å². The molecule has 0 radical (unpaired) electrons. The fourth-order valence-corrected chi connectivity index (χ4v) is 2.34. The average Bonchev–Trinajstić information content (AvgIpc) is 2.36. The molecule has 4 nitrogen and oxygen atoms in total. The molecule has 2 atom stereocenters. The van der Waals surface area contributed by atoms with Crippen molar-refractivity contribution in [1.82, 2.24) is 10.6 Å². The highest BCUT2D eigenvalue weighted by Crippen LogP contribution is 2.27. The first-order valence-electron chi connectivity index (χ1n) is 7.04. The highest BCUT2D eigenvalue weighted by atomic mass is 19.3. The monoisotopic (exact) mass is 298 g/mol. The normalized spacial score (nSPS) is 18.0. The Balaban J connectivity index is 2.02. The lowest BCUT2D eigenvalue weighted by Gasteiger charge is -2.32. The number of alkyl halides is 2. The Morgan fingerprint density at radius 1 is 1.33 bits per heavy atom. The molecule has 0 aliphatic carbocycles. The van der Waals surface area contributed by atoms with E-state index in [2.05, 4.69) is 15.4 Å². The lowest BCUT2D eigenvalue weighted by atomic mass is 9.88. The van der Waals surface area contributed by atoms with Crippen LogP contribution in [-0.4, -0.2) is 25.6 Å². The third kappa shape index (κ3) is 3.91. The Kier molecular flexibility index (Phi) is 5.12. The maximum atomic E-state index is 12.4. The van der Waals surface area contributed by atoms with E-state index in [0.717, 1.165) is 13.1 Å². The zero-order valence-corrected chi connectivity index (χ0v) is 12.1. The van der Waals surface area contributed by atoms with Crippen LogP contribution in [0.1, 0.15) is 25.5 Å². The molecule has 21 heavy (non-hydrogen) atoms. The summed E-state index contributed by atoms with van der Waals surface area (Å²) in [6, 6.07) is 6.12. The van der Waals surface area contributed by atoms with Gasteiger partial charge in [0.25, 0.3) is 0 Å². The number of carbonyl (C=O) groups excluding carboxylic acids is 1. The molecule has 1 aliphatic rings. The SMILES string of the molecule is CC(NC(=O)C(C)C1CNC1)c1ccccc1OC(F)F. The molecule has 1 fully saturated rings. The molecule has 2 N–H and O–H groups in total. The standard InChI is InChI=1S/C15H20F2N2O2/c1-9(11-7-18-8-11)14(20)19-10(2)12-5-3-4-6-13(12)21-15(16)17/h3-6,9-11,15,18H,7-8H2,1-2H3,(H,19,20). The molecule has 116 valence electrons. The molecule has 1 saturated heterocycles. The Morgan fingerprint density at radius 2 is 2.00 bits per heavy atom. The third-order valence-electron chi connectivity index (χ3n) is 3.89. The third-order valence-corrected chi connectivity index (χ3v) is 3.89. The van der Waals surface area contributed by atoms with E-state index in [-0.39, 0.29) is 23.6 Å². The van der Waals surface area contributed by atoms with Gasteiger partial charge in [-0.2, -0.15) is 8.78 Å². The number of rotatable bonds is 6. The van der Waals surface area contributed by atoms with Gasteiger partial charge in [0.15, 0.2) is 0 Å². The number of hydrogen-bond donors (Lipinski definition) is 2. The predicted molar refractivity (Wildman–Crippen MR) is 75.2 cm³/mol. The van der Waals surface area contributed by atoms with Crippen LogP contribution in [0.2, 0.25) is 0 Å². The molecule has 1 aliphatic heterocycles. The number of hydrogen-bond acceptors (Lipinski definition) is 3. The quantitative estimate of drug-likeness (QED) is 0.847. The van der Waals surface area contributed by atoms with E-state index in [1.165, 1.54) is 6.07 Å². The Hall–Kier alpha value is -1.69. The number of nitrogens with one attached hydrogen (secondary N) is 2. The van der Waals surface area contributed by atoms with Crippen molar-refractivity contribution in [3.8, 4) is 5.75 Å². The van der Waals surface area contributed by atoms with Crippen molar-refractivity contribution in [2.75, 3.05) is 13.1 Å². The smallest absolute Gasteiger partial charge is 0.387 e. The summed E-state index contributed by atoms with van der Waals surface area (Å²) in [5.41, 5.74) is 0.546. The minimum atomic E-state index is -2.88. The summed E-state index contributed by atoms with van der Waals surface area (Å²) >= 11 is 0. The second-order valence-corrected chi connectivity index (χ2v) is 5.35. The fourth-order valence-electron chi connectivity index (χ4n) is 2.34. The molecule has 0 aromatic heterocycles. The van der Waals surface area contributed by atoms with E-state index in [9.17, 15) is 13.6 Å². The van der Waals surface area contributed by atoms with Crippen molar-refractivity contribution in [3.05, 3.63) is 29.8 Å². The van der Waals surface area contributed by atoms with Gasteiger partial charge in [0.2, 0.25) is 5.91 Å². The van der Waals surface area contributed by atoms with Crippen molar-refractivity contribution < 1.29 is 18.3 Å². The summed E-state index contributed by atoms with van der Waals surface area (Å²) in [6.07, 6.45) is 0. The van der Waals surface area contributed by atoms with Crippen LogP contribution in [0.15, 0.2) is 24.3 Å². The van der Waals surface area contributed by atoms with E-state index in [0.29, 0.717) is 11.5 Å².